The molecule has 9 aromatic rings. The highest BCUT2D eigenvalue weighted by Crippen LogP contribution is 2.43. The Kier molecular flexibility index (Phi) is 8.66. The molecule has 9 rings (SSSR count). The molecule has 53 heavy (non-hydrogen) atoms. The molecule has 1 nitrogen and oxygen atoms in total. The molecule has 0 unspecified atom stereocenters. The summed E-state index contributed by atoms with van der Waals surface area (Å²) in [5.74, 6) is 0. The second-order valence-corrected chi connectivity index (χ2v) is 13.3. The Labute approximate surface area is 311 Å². The molecule has 250 valence electrons. The first-order chi connectivity index (χ1) is 26.3. The minimum absolute atomic E-state index is 1.10. The normalized spacial score (nSPS) is 11.0. The zero-order valence-corrected chi connectivity index (χ0v) is 29.3. The van der Waals surface area contributed by atoms with Crippen LogP contribution < -0.4 is 4.90 Å². The van der Waals surface area contributed by atoms with E-state index in [1.807, 2.05) is 0 Å². The lowest BCUT2D eigenvalue weighted by atomic mass is 9.87. The zero-order valence-electron chi connectivity index (χ0n) is 29.3. The van der Waals surface area contributed by atoms with Crippen LogP contribution in [0.15, 0.2) is 224 Å². The van der Waals surface area contributed by atoms with Gasteiger partial charge in [0.25, 0.3) is 0 Å². The fourth-order valence-corrected chi connectivity index (χ4v) is 7.56. The lowest BCUT2D eigenvalue weighted by Crippen LogP contribution is -2.10. The number of anilines is 3. The summed E-state index contributed by atoms with van der Waals surface area (Å²) in [6, 6.07) is 80.7. The Morgan fingerprint density at radius 3 is 1.13 bits per heavy atom. The fraction of sp³-hybridized carbons (Fsp3) is 0. The summed E-state index contributed by atoms with van der Waals surface area (Å²) in [5.41, 5.74) is 15.5. The van der Waals surface area contributed by atoms with Gasteiger partial charge in [0.15, 0.2) is 0 Å². The first-order valence-corrected chi connectivity index (χ1v) is 18.2. The summed E-state index contributed by atoms with van der Waals surface area (Å²) in [5, 5.41) is 2.43. The Hall–Kier alpha value is -6.96. The Balaban J connectivity index is 1.13. The van der Waals surface area contributed by atoms with Crippen molar-refractivity contribution in [2.45, 2.75) is 0 Å². The Morgan fingerprint density at radius 2 is 0.585 bits per heavy atom. The van der Waals surface area contributed by atoms with Gasteiger partial charge in [-0.2, -0.15) is 0 Å². The van der Waals surface area contributed by atoms with Gasteiger partial charge in [0.05, 0.1) is 5.69 Å². The van der Waals surface area contributed by atoms with Gasteiger partial charge < -0.3 is 4.90 Å². The van der Waals surface area contributed by atoms with E-state index in [0.29, 0.717) is 0 Å². The van der Waals surface area contributed by atoms with Crippen molar-refractivity contribution < 1.29 is 0 Å². The van der Waals surface area contributed by atoms with E-state index in [1.54, 1.807) is 0 Å². The minimum atomic E-state index is 1.10. The smallest absolute Gasteiger partial charge is 0.0540 e. The number of nitrogens with zero attached hydrogens (tertiary/aromatic N) is 1. The summed E-state index contributed by atoms with van der Waals surface area (Å²) in [6.07, 6.45) is 0. The second kappa shape index (κ2) is 14.3. The van der Waals surface area contributed by atoms with Crippen LogP contribution >= 0.6 is 0 Å². The molecule has 0 spiro atoms. The van der Waals surface area contributed by atoms with Crippen molar-refractivity contribution >= 4 is 27.8 Å². The van der Waals surface area contributed by atoms with E-state index in [2.05, 4.69) is 229 Å². The first-order valence-electron chi connectivity index (χ1n) is 18.2. The molecule has 0 bridgehead atoms. The Bertz CT molecular complexity index is 2640. The summed E-state index contributed by atoms with van der Waals surface area (Å²) in [4.78, 5) is 2.38. The molecule has 0 saturated heterocycles. The standard InChI is InChI=1S/C52H37N/c1-3-16-38(17-4-1)39-30-34-43(35-31-39)53(52-29-15-21-41-20-7-8-24-47(41)52)44-36-32-42(33-37-44)46-23-10-12-26-49(46)51-28-14-13-27-50(51)48-25-11-9-22-45(48)40-18-5-2-6-19-40/h1-37H. The molecule has 0 aliphatic rings. The van der Waals surface area contributed by atoms with Crippen LogP contribution in [0.3, 0.4) is 0 Å². The van der Waals surface area contributed by atoms with Crippen molar-refractivity contribution in [1.29, 1.82) is 0 Å². The van der Waals surface area contributed by atoms with E-state index in [-0.39, 0.29) is 0 Å². The van der Waals surface area contributed by atoms with E-state index in [4.69, 9.17) is 0 Å². The van der Waals surface area contributed by atoms with E-state index in [9.17, 15) is 0 Å². The van der Waals surface area contributed by atoms with Crippen molar-refractivity contribution in [3.63, 3.8) is 0 Å². The van der Waals surface area contributed by atoms with Gasteiger partial charge >= 0.3 is 0 Å². The summed E-state index contributed by atoms with van der Waals surface area (Å²) >= 11 is 0. The number of rotatable bonds is 8. The summed E-state index contributed by atoms with van der Waals surface area (Å²) in [7, 11) is 0. The third kappa shape index (κ3) is 6.30. The summed E-state index contributed by atoms with van der Waals surface area (Å²) in [6.45, 7) is 0. The van der Waals surface area contributed by atoms with Crippen LogP contribution in [0.1, 0.15) is 0 Å². The monoisotopic (exact) mass is 675 g/mol. The van der Waals surface area contributed by atoms with Gasteiger partial charge in [0, 0.05) is 16.8 Å². The molecule has 0 radical (unpaired) electrons. The van der Waals surface area contributed by atoms with Gasteiger partial charge in [-0.15, -0.1) is 0 Å². The van der Waals surface area contributed by atoms with E-state index < -0.39 is 0 Å². The van der Waals surface area contributed by atoms with Crippen molar-refractivity contribution in [3.05, 3.63) is 224 Å². The van der Waals surface area contributed by atoms with Gasteiger partial charge in [0.1, 0.15) is 0 Å². The van der Waals surface area contributed by atoms with Crippen LogP contribution in [0.2, 0.25) is 0 Å². The van der Waals surface area contributed by atoms with Gasteiger partial charge in [-0.1, -0.05) is 194 Å². The number of benzene rings is 9. The van der Waals surface area contributed by atoms with Crippen LogP contribution in [0.25, 0.3) is 66.4 Å². The SMILES string of the molecule is c1ccc(-c2ccc(N(c3ccc(-c4ccccc4-c4ccccc4-c4ccccc4-c4ccccc4)cc3)c3cccc4ccccc34)cc2)cc1. The fourth-order valence-electron chi connectivity index (χ4n) is 7.56. The molecular formula is C52H37N. The lowest BCUT2D eigenvalue weighted by molar-refractivity contribution is 1.30. The molecular weight excluding hydrogens is 639 g/mol. The van der Waals surface area contributed by atoms with Gasteiger partial charge in [-0.25, -0.2) is 0 Å². The highest BCUT2D eigenvalue weighted by molar-refractivity contribution is 6.00. The van der Waals surface area contributed by atoms with E-state index in [1.165, 1.54) is 66.4 Å². The quantitative estimate of drug-likeness (QED) is 0.155. The molecule has 0 aliphatic heterocycles. The molecule has 0 atom stereocenters. The van der Waals surface area contributed by atoms with Crippen LogP contribution in [0, 0.1) is 0 Å². The average Bonchev–Trinajstić information content (AvgIpc) is 3.25. The van der Waals surface area contributed by atoms with Crippen LogP contribution in [0.4, 0.5) is 17.1 Å². The highest BCUT2D eigenvalue weighted by Gasteiger charge is 2.18. The third-order valence-corrected chi connectivity index (χ3v) is 10.1. The predicted molar refractivity (Wildman–Crippen MR) is 226 cm³/mol. The van der Waals surface area contributed by atoms with Gasteiger partial charge in [-0.3, -0.25) is 0 Å². The lowest BCUT2D eigenvalue weighted by Gasteiger charge is -2.27. The number of hydrogen-bond donors (Lipinski definition) is 0. The molecule has 0 aromatic heterocycles. The van der Waals surface area contributed by atoms with Gasteiger partial charge in [-0.05, 0) is 91.4 Å². The zero-order chi connectivity index (χ0) is 35.4. The first kappa shape index (κ1) is 32.0. The topological polar surface area (TPSA) is 3.24 Å². The Morgan fingerprint density at radius 1 is 0.226 bits per heavy atom. The maximum Gasteiger partial charge on any atom is 0.0540 e. The molecule has 0 amide bonds. The van der Waals surface area contributed by atoms with Crippen molar-refractivity contribution in [2.24, 2.45) is 0 Å². The van der Waals surface area contributed by atoms with Crippen LogP contribution in [-0.4, -0.2) is 0 Å². The molecule has 0 N–H and O–H groups in total. The molecule has 0 aliphatic carbocycles. The predicted octanol–water partition coefficient (Wildman–Crippen LogP) is 14.6. The second-order valence-electron chi connectivity index (χ2n) is 13.3. The largest absolute Gasteiger partial charge is 0.310 e. The molecule has 9 aromatic carbocycles. The van der Waals surface area contributed by atoms with Crippen molar-refractivity contribution in [3.8, 4) is 55.6 Å². The summed E-state index contributed by atoms with van der Waals surface area (Å²) < 4.78 is 0. The van der Waals surface area contributed by atoms with Crippen LogP contribution in [0.5, 0.6) is 0 Å². The molecule has 0 saturated carbocycles. The number of hydrogen-bond acceptors (Lipinski definition) is 1. The highest BCUT2D eigenvalue weighted by atomic mass is 15.1. The minimum Gasteiger partial charge on any atom is -0.310 e. The molecule has 0 heterocycles. The van der Waals surface area contributed by atoms with Crippen molar-refractivity contribution in [1.82, 2.24) is 0 Å². The van der Waals surface area contributed by atoms with Crippen molar-refractivity contribution in [2.75, 3.05) is 4.90 Å². The maximum atomic E-state index is 2.38. The maximum absolute atomic E-state index is 2.38. The van der Waals surface area contributed by atoms with E-state index in [0.717, 1.165) is 17.1 Å². The van der Waals surface area contributed by atoms with Crippen LogP contribution in [-0.2, 0) is 0 Å². The van der Waals surface area contributed by atoms with Gasteiger partial charge in [0.2, 0.25) is 0 Å². The molecule has 0 fully saturated rings. The number of fused-ring (bicyclic) bond motifs is 1. The molecule has 1 heteroatoms. The average molecular weight is 676 g/mol. The third-order valence-electron chi connectivity index (χ3n) is 10.1. The van der Waals surface area contributed by atoms with E-state index >= 15 is 0 Å².